The van der Waals surface area contributed by atoms with Gasteiger partial charge in [0.25, 0.3) is 5.91 Å². The van der Waals surface area contributed by atoms with Crippen LogP contribution in [0.1, 0.15) is 22.8 Å². The van der Waals surface area contributed by atoms with Crippen molar-refractivity contribution < 1.29 is 48.3 Å². The third-order valence-corrected chi connectivity index (χ3v) is 5.06. The normalized spacial score (nSPS) is 15.0. The van der Waals surface area contributed by atoms with Crippen molar-refractivity contribution in [2.45, 2.75) is 19.1 Å². The predicted molar refractivity (Wildman–Crippen MR) is 122 cm³/mol. The molecule has 0 spiro atoms. The Balaban J connectivity index is 1.74. The zero-order chi connectivity index (χ0) is 25.7. The molecule has 1 unspecified atom stereocenters. The summed E-state index contributed by atoms with van der Waals surface area (Å²) in [6.07, 6.45) is 0.245. The molecule has 11 nitrogen and oxygen atoms in total. The SMILES string of the molecule is COc1cc(/C=C2/Oc3cc(OCC(=O)N[C@H](C(=O)O)C(C)O)ccc3C2=O)cc(OC)c1OC. The molecule has 0 radical (unpaired) electrons. The Morgan fingerprint density at radius 3 is 2.29 bits per heavy atom. The number of ketones is 1. The predicted octanol–water partition coefficient (Wildman–Crippen LogP) is 1.66. The van der Waals surface area contributed by atoms with E-state index in [2.05, 4.69) is 5.32 Å². The van der Waals surface area contributed by atoms with Gasteiger partial charge in [0.15, 0.2) is 29.9 Å². The van der Waals surface area contributed by atoms with Crippen LogP contribution in [-0.4, -0.2) is 68.0 Å². The molecule has 0 aliphatic carbocycles. The van der Waals surface area contributed by atoms with E-state index >= 15 is 0 Å². The summed E-state index contributed by atoms with van der Waals surface area (Å²) in [6.45, 7) is 0.745. The van der Waals surface area contributed by atoms with Gasteiger partial charge in [-0.25, -0.2) is 4.79 Å². The van der Waals surface area contributed by atoms with Gasteiger partial charge in [0.1, 0.15) is 11.5 Å². The lowest BCUT2D eigenvalue weighted by Gasteiger charge is -2.17. The number of carbonyl (C=O) groups is 3. The summed E-state index contributed by atoms with van der Waals surface area (Å²) in [5.41, 5.74) is 0.885. The first-order chi connectivity index (χ1) is 16.7. The van der Waals surface area contributed by atoms with Gasteiger partial charge in [-0.1, -0.05) is 0 Å². The second-order valence-corrected chi connectivity index (χ2v) is 7.47. The molecule has 0 saturated carbocycles. The Morgan fingerprint density at radius 2 is 1.74 bits per heavy atom. The van der Waals surface area contributed by atoms with Gasteiger partial charge in [0.05, 0.1) is 33.0 Å². The number of benzene rings is 2. The van der Waals surface area contributed by atoms with Gasteiger partial charge in [0.2, 0.25) is 11.5 Å². The number of aliphatic hydroxyl groups excluding tert-OH is 1. The van der Waals surface area contributed by atoms with E-state index in [0.717, 1.165) is 0 Å². The number of aliphatic hydroxyl groups is 1. The number of methoxy groups -OCH3 is 3. The first-order valence-electron chi connectivity index (χ1n) is 10.4. The molecular weight excluding hydrogens is 462 g/mol. The maximum absolute atomic E-state index is 12.8. The number of carboxylic acid groups (broad SMARTS) is 1. The number of rotatable bonds is 10. The smallest absolute Gasteiger partial charge is 0.328 e. The number of nitrogens with one attached hydrogen (secondary N) is 1. The van der Waals surface area contributed by atoms with E-state index in [1.807, 2.05) is 0 Å². The number of fused-ring (bicyclic) bond motifs is 1. The van der Waals surface area contributed by atoms with Gasteiger partial charge in [-0.05, 0) is 42.8 Å². The van der Waals surface area contributed by atoms with Crippen LogP contribution in [-0.2, 0) is 9.59 Å². The summed E-state index contributed by atoms with van der Waals surface area (Å²) >= 11 is 0. The van der Waals surface area contributed by atoms with E-state index < -0.39 is 30.6 Å². The van der Waals surface area contributed by atoms with Crippen molar-refractivity contribution in [2.24, 2.45) is 0 Å². The fourth-order valence-electron chi connectivity index (χ4n) is 3.35. The van der Waals surface area contributed by atoms with Gasteiger partial charge in [-0.3, -0.25) is 9.59 Å². The van der Waals surface area contributed by atoms with Gasteiger partial charge in [0, 0.05) is 6.07 Å². The highest BCUT2D eigenvalue weighted by Gasteiger charge is 2.29. The number of carbonyl (C=O) groups excluding carboxylic acids is 2. The Morgan fingerprint density at radius 1 is 1.09 bits per heavy atom. The maximum atomic E-state index is 12.8. The number of carboxylic acids is 1. The molecule has 0 aromatic heterocycles. The molecule has 1 aliphatic rings. The minimum absolute atomic E-state index is 0.0606. The van der Waals surface area contributed by atoms with Gasteiger partial charge in [-0.2, -0.15) is 0 Å². The zero-order valence-corrected chi connectivity index (χ0v) is 19.5. The Labute approximate surface area is 200 Å². The minimum Gasteiger partial charge on any atom is -0.493 e. The van der Waals surface area contributed by atoms with E-state index in [9.17, 15) is 19.5 Å². The maximum Gasteiger partial charge on any atom is 0.328 e. The number of amides is 1. The number of allylic oxidation sites excluding steroid dienone is 1. The van der Waals surface area contributed by atoms with Crippen molar-refractivity contribution in [3.8, 4) is 28.7 Å². The van der Waals surface area contributed by atoms with Crippen molar-refractivity contribution in [1.82, 2.24) is 5.32 Å². The quantitative estimate of drug-likeness (QED) is 0.422. The van der Waals surface area contributed by atoms with Gasteiger partial charge in [-0.15, -0.1) is 0 Å². The van der Waals surface area contributed by atoms with Crippen molar-refractivity contribution in [3.63, 3.8) is 0 Å². The molecule has 1 amide bonds. The van der Waals surface area contributed by atoms with E-state index in [-0.39, 0.29) is 23.0 Å². The zero-order valence-electron chi connectivity index (χ0n) is 19.5. The summed E-state index contributed by atoms with van der Waals surface area (Å²) in [4.78, 5) is 35.9. The lowest BCUT2D eigenvalue weighted by molar-refractivity contribution is -0.145. The molecule has 0 bridgehead atoms. The molecule has 2 aromatic carbocycles. The summed E-state index contributed by atoms with van der Waals surface area (Å²) in [5, 5.41) is 20.7. The number of aliphatic carboxylic acids is 1. The number of hydrogen-bond donors (Lipinski definition) is 3. The molecule has 3 rings (SSSR count). The minimum atomic E-state index is -1.46. The highest BCUT2D eigenvalue weighted by Crippen LogP contribution is 2.40. The number of ether oxygens (including phenoxy) is 5. The molecule has 0 saturated heterocycles. The molecule has 3 N–H and O–H groups in total. The molecule has 35 heavy (non-hydrogen) atoms. The van der Waals surface area contributed by atoms with E-state index in [1.54, 1.807) is 12.1 Å². The average molecular weight is 487 g/mol. The van der Waals surface area contributed by atoms with Crippen LogP contribution in [0.2, 0.25) is 0 Å². The lowest BCUT2D eigenvalue weighted by Crippen LogP contribution is -2.49. The fourth-order valence-corrected chi connectivity index (χ4v) is 3.35. The van der Waals surface area contributed by atoms with E-state index in [4.69, 9.17) is 28.8 Å². The summed E-state index contributed by atoms with van der Waals surface area (Å²) in [6, 6.07) is 6.29. The van der Waals surface area contributed by atoms with E-state index in [0.29, 0.717) is 28.4 Å². The van der Waals surface area contributed by atoms with Crippen LogP contribution in [0.4, 0.5) is 0 Å². The Hall–Kier alpha value is -4.25. The molecule has 2 aromatic rings. The number of Topliss-reactive ketones (excluding diaryl/α,β-unsaturated/α-hetero) is 1. The van der Waals surface area contributed by atoms with Gasteiger partial charge < -0.3 is 39.2 Å². The molecule has 1 aliphatic heterocycles. The van der Waals surface area contributed by atoms with Crippen molar-refractivity contribution in [1.29, 1.82) is 0 Å². The van der Waals surface area contributed by atoms with Crippen molar-refractivity contribution in [3.05, 3.63) is 47.2 Å². The van der Waals surface area contributed by atoms with Crippen molar-refractivity contribution in [2.75, 3.05) is 27.9 Å². The molecule has 2 atom stereocenters. The average Bonchev–Trinajstić information content (AvgIpc) is 3.14. The third-order valence-electron chi connectivity index (χ3n) is 5.06. The standard InChI is InChI=1S/C24H25NO10/c1-12(26)21(24(29)30)25-20(27)11-34-14-5-6-15-16(10-14)35-17(22(15)28)7-13-8-18(31-2)23(33-4)19(9-13)32-3/h5-10,12,21,26H,11H2,1-4H3,(H,25,27)(H,29,30)/b17-7+/t12?,21-/m0/s1. The highest BCUT2D eigenvalue weighted by atomic mass is 16.5. The third kappa shape index (κ3) is 5.64. The first-order valence-corrected chi connectivity index (χ1v) is 10.4. The molecule has 1 heterocycles. The van der Waals surface area contributed by atoms with Crippen LogP contribution >= 0.6 is 0 Å². The van der Waals surface area contributed by atoms with Crippen LogP contribution in [0.3, 0.4) is 0 Å². The fraction of sp³-hybridized carbons (Fsp3) is 0.292. The van der Waals surface area contributed by atoms with Crippen LogP contribution in [0, 0.1) is 0 Å². The second-order valence-electron chi connectivity index (χ2n) is 7.47. The largest absolute Gasteiger partial charge is 0.493 e. The first kappa shape index (κ1) is 25.4. The van der Waals surface area contributed by atoms with E-state index in [1.165, 1.54) is 52.5 Å². The Bertz CT molecular complexity index is 1150. The lowest BCUT2D eigenvalue weighted by atomic mass is 10.1. The summed E-state index contributed by atoms with van der Waals surface area (Å²) < 4.78 is 27.1. The highest BCUT2D eigenvalue weighted by molar-refractivity contribution is 6.14. The topological polar surface area (TPSA) is 150 Å². The van der Waals surface area contributed by atoms with Crippen LogP contribution in [0.25, 0.3) is 6.08 Å². The molecular formula is C24H25NO10. The van der Waals surface area contributed by atoms with Crippen molar-refractivity contribution >= 4 is 23.7 Å². The second kappa shape index (κ2) is 10.8. The molecule has 186 valence electrons. The van der Waals surface area contributed by atoms with Crippen LogP contribution in [0.5, 0.6) is 28.7 Å². The van der Waals surface area contributed by atoms with Crippen LogP contribution < -0.4 is 29.0 Å². The van der Waals surface area contributed by atoms with Gasteiger partial charge >= 0.3 is 5.97 Å². The summed E-state index contributed by atoms with van der Waals surface area (Å²) in [7, 11) is 4.45. The molecule has 0 fully saturated rings. The Kier molecular flexibility index (Phi) is 7.82. The number of hydrogen-bond acceptors (Lipinski definition) is 9. The van der Waals surface area contributed by atoms with Crippen LogP contribution in [0.15, 0.2) is 36.1 Å². The monoisotopic (exact) mass is 487 g/mol. The molecule has 11 heteroatoms. The summed E-state index contributed by atoms with van der Waals surface area (Å²) in [5.74, 6) is -0.697.